The highest BCUT2D eigenvalue weighted by Crippen LogP contribution is 2.01. The zero-order valence-electron chi connectivity index (χ0n) is 8.34. The lowest BCUT2D eigenvalue weighted by Gasteiger charge is -1.96. The molecule has 0 spiro atoms. The Morgan fingerprint density at radius 1 is 1.67 bits per heavy atom. The van der Waals surface area contributed by atoms with Crippen molar-refractivity contribution in [1.82, 2.24) is 4.98 Å². The lowest BCUT2D eigenvalue weighted by atomic mass is 10.3. The van der Waals surface area contributed by atoms with Crippen LogP contribution >= 0.6 is 0 Å². The lowest BCUT2D eigenvalue weighted by molar-refractivity contribution is -0.695. The van der Waals surface area contributed by atoms with Gasteiger partial charge in [-0.15, -0.1) is 4.91 Å². The summed E-state index contributed by atoms with van der Waals surface area (Å²) in [6.07, 6.45) is 4.27. The van der Waals surface area contributed by atoms with Gasteiger partial charge in [-0.1, -0.05) is 0 Å². The number of aromatic amines is 1. The third kappa shape index (κ3) is 4.32. The first-order valence-corrected chi connectivity index (χ1v) is 4.24. The van der Waals surface area contributed by atoms with E-state index in [2.05, 4.69) is 14.9 Å². The molecule has 0 fully saturated rings. The third-order valence-corrected chi connectivity index (χ3v) is 1.79. The van der Waals surface area contributed by atoms with E-state index in [0.717, 1.165) is 0 Å². The Balaban J connectivity index is 0.00000196. The molecule has 0 aliphatic rings. The standard InChI is InChI=1S/C8H11N3O3.H2O/c1-14-8(12)3-2-4-11-5-7(10-13)9-6-11;/h5-6H,2-4H2,1H3;1H2. The number of aromatic nitrogens is 2. The molecule has 7 heteroatoms. The molecule has 0 atom stereocenters. The molecule has 0 bridgehead atoms. The number of carbonyl (C=O) groups is 1. The molecule has 0 saturated carbocycles. The molecule has 15 heavy (non-hydrogen) atoms. The van der Waals surface area contributed by atoms with Gasteiger partial charge >= 0.3 is 5.97 Å². The first-order valence-electron chi connectivity index (χ1n) is 4.24. The summed E-state index contributed by atoms with van der Waals surface area (Å²) in [4.78, 5) is 23.5. The number of nitrogens with zero attached hydrogens (tertiary/aromatic N) is 2. The predicted molar refractivity (Wildman–Crippen MR) is 49.6 cm³/mol. The first kappa shape index (κ1) is 13.2. The number of nitroso groups, excluding NO2 is 1. The van der Waals surface area contributed by atoms with Crippen molar-refractivity contribution in [1.29, 1.82) is 0 Å². The van der Waals surface area contributed by atoms with Crippen molar-refractivity contribution in [3.63, 3.8) is 0 Å². The van der Waals surface area contributed by atoms with E-state index in [1.807, 2.05) is 0 Å². The summed E-state index contributed by atoms with van der Waals surface area (Å²) in [7, 11) is 1.36. The minimum atomic E-state index is -0.227. The molecule has 1 aromatic heterocycles. The number of nitrogens with one attached hydrogen (secondary N) is 1. The normalized spacial score (nSPS) is 9.13. The van der Waals surface area contributed by atoms with Crippen molar-refractivity contribution in [3.8, 4) is 0 Å². The summed E-state index contributed by atoms with van der Waals surface area (Å²) >= 11 is 0. The molecule has 0 aromatic carbocycles. The second kappa shape index (κ2) is 6.66. The van der Waals surface area contributed by atoms with Crippen LogP contribution < -0.4 is 4.57 Å². The van der Waals surface area contributed by atoms with E-state index in [0.29, 0.717) is 19.4 Å². The van der Waals surface area contributed by atoms with Crippen molar-refractivity contribution in [2.75, 3.05) is 7.11 Å². The molecular formula is C8H13N3O4. The van der Waals surface area contributed by atoms with E-state index in [-0.39, 0.29) is 17.3 Å². The summed E-state index contributed by atoms with van der Waals surface area (Å²) in [6.45, 7) is 0.654. The van der Waals surface area contributed by atoms with Crippen molar-refractivity contribution >= 4 is 11.8 Å². The third-order valence-electron chi connectivity index (χ3n) is 1.79. The molecule has 0 amide bonds. The van der Waals surface area contributed by atoms with Crippen LogP contribution in [0.4, 0.5) is 5.82 Å². The molecule has 84 valence electrons. The Bertz CT molecular complexity index is 323. The van der Waals surface area contributed by atoms with Gasteiger partial charge in [-0.25, -0.2) is 9.55 Å². The average molecular weight is 215 g/mol. The molecule has 1 heterocycles. The van der Waals surface area contributed by atoms with Gasteiger partial charge < -0.3 is 10.2 Å². The van der Waals surface area contributed by atoms with Gasteiger partial charge in [0.05, 0.1) is 13.7 Å². The van der Waals surface area contributed by atoms with Gasteiger partial charge in [-0.05, 0) is 6.42 Å². The molecule has 2 N–H and O–H groups in total. The maximum atomic E-state index is 10.8. The number of H-pyrrole nitrogens is 1. The van der Waals surface area contributed by atoms with Crippen molar-refractivity contribution in [2.45, 2.75) is 19.4 Å². The zero-order chi connectivity index (χ0) is 10.4. The van der Waals surface area contributed by atoms with Crippen LogP contribution in [-0.4, -0.2) is 23.5 Å². The van der Waals surface area contributed by atoms with Gasteiger partial charge in [0.1, 0.15) is 0 Å². The maximum Gasteiger partial charge on any atom is 0.305 e. The largest absolute Gasteiger partial charge is 0.870 e. The van der Waals surface area contributed by atoms with Crippen LogP contribution in [0.15, 0.2) is 17.7 Å². The number of aryl methyl sites for hydroxylation is 1. The Hall–Kier alpha value is -1.76. The molecule has 0 aliphatic carbocycles. The Morgan fingerprint density at radius 3 is 2.93 bits per heavy atom. The monoisotopic (exact) mass is 215 g/mol. The zero-order valence-corrected chi connectivity index (χ0v) is 8.34. The van der Waals surface area contributed by atoms with Gasteiger partial charge in [0.15, 0.2) is 6.20 Å². The van der Waals surface area contributed by atoms with Crippen LogP contribution in [0, 0.1) is 4.91 Å². The van der Waals surface area contributed by atoms with Crippen LogP contribution in [-0.2, 0) is 16.1 Å². The van der Waals surface area contributed by atoms with Crippen LogP contribution in [0.25, 0.3) is 0 Å². The highest BCUT2D eigenvalue weighted by molar-refractivity contribution is 5.68. The molecule has 1 aromatic rings. The maximum absolute atomic E-state index is 10.8. The SMILES string of the molecule is COC(=O)CCC[n+]1c[nH]c(N=O)c1.[OH-]. The summed E-state index contributed by atoms with van der Waals surface area (Å²) in [6, 6.07) is 0. The highest BCUT2D eigenvalue weighted by Gasteiger charge is 2.06. The topological polar surface area (TPSA) is 105 Å². The smallest absolute Gasteiger partial charge is 0.305 e. The van der Waals surface area contributed by atoms with E-state index >= 15 is 0 Å². The quantitative estimate of drug-likeness (QED) is 0.438. The van der Waals surface area contributed by atoms with E-state index in [1.54, 1.807) is 17.1 Å². The van der Waals surface area contributed by atoms with E-state index < -0.39 is 0 Å². The minimum Gasteiger partial charge on any atom is -0.870 e. The highest BCUT2D eigenvalue weighted by atomic mass is 16.5. The fourth-order valence-electron chi connectivity index (χ4n) is 1.07. The Labute approximate surface area is 86.3 Å². The molecule has 7 nitrogen and oxygen atoms in total. The Kier molecular flexibility index (Phi) is 5.88. The fraction of sp³-hybridized carbons (Fsp3) is 0.500. The first-order chi connectivity index (χ1) is 6.76. The van der Waals surface area contributed by atoms with Gasteiger partial charge in [0.25, 0.3) is 5.82 Å². The number of hydrogen-bond donors (Lipinski definition) is 1. The molecule has 0 saturated heterocycles. The number of hydrogen-bond acceptors (Lipinski definition) is 5. The van der Waals surface area contributed by atoms with Crippen LogP contribution in [0.5, 0.6) is 0 Å². The van der Waals surface area contributed by atoms with Gasteiger partial charge in [-0.3, -0.25) is 4.79 Å². The second-order valence-corrected chi connectivity index (χ2v) is 2.80. The lowest BCUT2D eigenvalue weighted by Crippen LogP contribution is -2.30. The van der Waals surface area contributed by atoms with Gasteiger partial charge in [0, 0.05) is 11.6 Å². The van der Waals surface area contributed by atoms with E-state index in [1.165, 1.54) is 7.11 Å². The molecule has 1 rings (SSSR count). The van der Waals surface area contributed by atoms with Crippen LogP contribution in [0.2, 0.25) is 0 Å². The van der Waals surface area contributed by atoms with Crippen molar-refractivity contribution < 1.29 is 19.6 Å². The number of carbonyl (C=O) groups excluding carboxylic acids is 1. The minimum absolute atomic E-state index is 0. The van der Waals surface area contributed by atoms with Crippen molar-refractivity contribution in [2.24, 2.45) is 5.18 Å². The number of imidazole rings is 1. The molecular weight excluding hydrogens is 202 g/mol. The van der Waals surface area contributed by atoms with Crippen LogP contribution in [0.1, 0.15) is 12.8 Å². The second-order valence-electron chi connectivity index (χ2n) is 2.80. The Morgan fingerprint density at radius 2 is 2.40 bits per heavy atom. The fourth-order valence-corrected chi connectivity index (χ4v) is 1.07. The summed E-state index contributed by atoms with van der Waals surface area (Å²) in [5.74, 6) is 0.0536. The van der Waals surface area contributed by atoms with Crippen LogP contribution in [0.3, 0.4) is 0 Å². The summed E-state index contributed by atoms with van der Waals surface area (Å²) in [5.41, 5.74) is 0. The number of esters is 1. The summed E-state index contributed by atoms with van der Waals surface area (Å²) in [5, 5.41) is 2.73. The molecule has 0 aliphatic heterocycles. The number of methoxy groups -OCH3 is 1. The number of ether oxygens (including phenoxy) is 1. The molecule has 0 unspecified atom stereocenters. The summed E-state index contributed by atoms with van der Waals surface area (Å²) < 4.78 is 6.25. The van der Waals surface area contributed by atoms with Gasteiger partial charge in [-0.2, -0.15) is 0 Å². The average Bonchev–Trinajstić information content (AvgIpc) is 2.65. The van der Waals surface area contributed by atoms with E-state index in [4.69, 9.17) is 0 Å². The van der Waals surface area contributed by atoms with E-state index in [9.17, 15) is 9.70 Å². The number of rotatable bonds is 5. The van der Waals surface area contributed by atoms with Gasteiger partial charge in [0.2, 0.25) is 6.33 Å². The molecule has 0 radical (unpaired) electrons. The van der Waals surface area contributed by atoms with Crippen molar-refractivity contribution in [3.05, 3.63) is 17.4 Å². The predicted octanol–water partition coefficient (Wildman–Crippen LogP) is 0.476.